The van der Waals surface area contributed by atoms with E-state index in [-0.39, 0.29) is 6.04 Å². The molecule has 0 aliphatic heterocycles. The Morgan fingerprint density at radius 2 is 2.00 bits per heavy atom. The molecule has 3 heterocycles. The van der Waals surface area contributed by atoms with Crippen molar-refractivity contribution in [2.24, 2.45) is 7.05 Å². The van der Waals surface area contributed by atoms with Crippen LogP contribution >= 0.6 is 0 Å². The van der Waals surface area contributed by atoms with Gasteiger partial charge in [-0.2, -0.15) is 5.10 Å². The van der Waals surface area contributed by atoms with Gasteiger partial charge in [-0.3, -0.25) is 15.0 Å². The molecule has 0 saturated heterocycles. The van der Waals surface area contributed by atoms with E-state index in [9.17, 15) is 0 Å². The Hall–Kier alpha value is -3.25. The Morgan fingerprint density at radius 1 is 1.12 bits per heavy atom. The van der Waals surface area contributed by atoms with Gasteiger partial charge in [-0.25, -0.2) is 4.98 Å². The van der Waals surface area contributed by atoms with Crippen LogP contribution < -0.4 is 5.32 Å². The lowest BCUT2D eigenvalue weighted by Gasteiger charge is -2.17. The third-order valence-electron chi connectivity index (χ3n) is 4.31. The topological polar surface area (TPSA) is 71.4 Å². The average molecular weight is 344 g/mol. The molecule has 0 aliphatic carbocycles. The van der Waals surface area contributed by atoms with E-state index >= 15 is 0 Å². The quantitative estimate of drug-likeness (QED) is 0.564. The SMILES string of the molecule is Cn1cc(-c2cccc(CN[C@@H](c3ccncc3)c3ncc[nH]3)c2)cn1. The minimum absolute atomic E-state index is 0.0185. The molecule has 130 valence electrons. The summed E-state index contributed by atoms with van der Waals surface area (Å²) in [6.07, 6.45) is 11.1. The largest absolute Gasteiger partial charge is 0.347 e. The maximum absolute atomic E-state index is 4.42. The number of hydrogen-bond donors (Lipinski definition) is 2. The second kappa shape index (κ2) is 7.33. The first-order valence-electron chi connectivity index (χ1n) is 8.50. The molecule has 0 bridgehead atoms. The second-order valence-electron chi connectivity index (χ2n) is 6.17. The number of H-pyrrole nitrogens is 1. The maximum Gasteiger partial charge on any atom is 0.127 e. The number of nitrogens with one attached hydrogen (secondary N) is 2. The van der Waals surface area contributed by atoms with Gasteiger partial charge in [0.2, 0.25) is 0 Å². The Balaban J connectivity index is 1.55. The van der Waals surface area contributed by atoms with E-state index in [0.717, 1.165) is 29.1 Å². The van der Waals surface area contributed by atoms with Crippen molar-refractivity contribution in [1.82, 2.24) is 30.0 Å². The minimum atomic E-state index is -0.0185. The number of benzene rings is 1. The van der Waals surface area contributed by atoms with Crippen LogP contribution in [0, 0.1) is 0 Å². The molecule has 0 aliphatic rings. The highest BCUT2D eigenvalue weighted by atomic mass is 15.2. The number of aromatic amines is 1. The van der Waals surface area contributed by atoms with Crippen LogP contribution in [0.5, 0.6) is 0 Å². The highest BCUT2D eigenvalue weighted by Crippen LogP contribution is 2.22. The van der Waals surface area contributed by atoms with Gasteiger partial charge in [0.15, 0.2) is 0 Å². The van der Waals surface area contributed by atoms with Crippen molar-refractivity contribution >= 4 is 0 Å². The lowest BCUT2D eigenvalue weighted by Crippen LogP contribution is -2.23. The number of aromatic nitrogens is 5. The molecule has 1 atom stereocenters. The summed E-state index contributed by atoms with van der Waals surface area (Å²) in [6, 6.07) is 12.5. The molecule has 1 aromatic carbocycles. The lowest BCUT2D eigenvalue weighted by molar-refractivity contribution is 0.580. The number of hydrogen-bond acceptors (Lipinski definition) is 4. The third-order valence-corrected chi connectivity index (χ3v) is 4.31. The van der Waals surface area contributed by atoms with E-state index in [2.05, 4.69) is 49.6 Å². The fraction of sp³-hybridized carbons (Fsp3) is 0.150. The summed E-state index contributed by atoms with van der Waals surface area (Å²) < 4.78 is 1.82. The highest BCUT2D eigenvalue weighted by Gasteiger charge is 2.16. The van der Waals surface area contributed by atoms with Crippen LogP contribution in [0.2, 0.25) is 0 Å². The normalized spacial score (nSPS) is 12.2. The first kappa shape index (κ1) is 16.2. The zero-order valence-electron chi connectivity index (χ0n) is 14.5. The zero-order chi connectivity index (χ0) is 17.8. The lowest BCUT2D eigenvalue weighted by atomic mass is 10.0. The summed E-state index contributed by atoms with van der Waals surface area (Å²) in [5, 5.41) is 7.85. The fourth-order valence-corrected chi connectivity index (χ4v) is 3.01. The van der Waals surface area contributed by atoms with E-state index < -0.39 is 0 Å². The highest BCUT2D eigenvalue weighted by molar-refractivity contribution is 5.62. The van der Waals surface area contributed by atoms with Crippen LogP contribution in [0.15, 0.2) is 73.6 Å². The molecule has 4 aromatic rings. The number of pyridine rings is 1. The first-order valence-corrected chi connectivity index (χ1v) is 8.50. The number of rotatable bonds is 6. The monoisotopic (exact) mass is 344 g/mol. The number of nitrogens with zero attached hydrogens (tertiary/aromatic N) is 4. The van der Waals surface area contributed by atoms with Gasteiger partial charge in [0.25, 0.3) is 0 Å². The summed E-state index contributed by atoms with van der Waals surface area (Å²) in [6.45, 7) is 0.724. The molecule has 6 nitrogen and oxygen atoms in total. The first-order chi connectivity index (χ1) is 12.8. The van der Waals surface area contributed by atoms with E-state index in [0.29, 0.717) is 0 Å². The number of imidazole rings is 1. The Labute approximate surface area is 152 Å². The van der Waals surface area contributed by atoms with Gasteiger partial charge in [-0.15, -0.1) is 0 Å². The Morgan fingerprint density at radius 3 is 2.73 bits per heavy atom. The van der Waals surface area contributed by atoms with E-state index in [1.807, 2.05) is 42.5 Å². The molecule has 0 saturated carbocycles. The molecule has 3 aromatic heterocycles. The van der Waals surface area contributed by atoms with Crippen molar-refractivity contribution in [3.05, 3.63) is 90.5 Å². The summed E-state index contributed by atoms with van der Waals surface area (Å²) in [5.74, 6) is 0.889. The van der Waals surface area contributed by atoms with Crippen molar-refractivity contribution < 1.29 is 0 Å². The van der Waals surface area contributed by atoms with E-state index in [1.54, 1.807) is 18.6 Å². The van der Waals surface area contributed by atoms with Gasteiger partial charge >= 0.3 is 0 Å². The molecule has 0 spiro atoms. The Kier molecular flexibility index (Phi) is 4.57. The van der Waals surface area contributed by atoms with Gasteiger partial charge in [-0.1, -0.05) is 18.2 Å². The van der Waals surface area contributed by atoms with Crippen LogP contribution in [0.1, 0.15) is 23.0 Å². The molecule has 2 N–H and O–H groups in total. The van der Waals surface area contributed by atoms with Gasteiger partial charge in [-0.05, 0) is 34.9 Å². The Bertz CT molecular complexity index is 959. The van der Waals surface area contributed by atoms with Crippen molar-refractivity contribution in [3.8, 4) is 11.1 Å². The summed E-state index contributed by atoms with van der Waals surface area (Å²) in [7, 11) is 1.93. The molecule has 0 amide bonds. The van der Waals surface area contributed by atoms with Crippen molar-refractivity contribution in [2.75, 3.05) is 0 Å². The van der Waals surface area contributed by atoms with Crippen LogP contribution in [0.25, 0.3) is 11.1 Å². The van der Waals surface area contributed by atoms with Gasteiger partial charge in [0.1, 0.15) is 5.82 Å². The minimum Gasteiger partial charge on any atom is -0.347 e. The predicted octanol–water partition coefficient (Wildman–Crippen LogP) is 3.08. The third kappa shape index (κ3) is 3.55. The summed E-state index contributed by atoms with van der Waals surface area (Å²) in [5.41, 5.74) is 4.61. The smallest absolute Gasteiger partial charge is 0.127 e. The van der Waals surface area contributed by atoms with E-state index in [1.165, 1.54) is 5.56 Å². The van der Waals surface area contributed by atoms with Crippen LogP contribution in [-0.2, 0) is 13.6 Å². The van der Waals surface area contributed by atoms with Gasteiger partial charge in [0, 0.05) is 50.1 Å². The van der Waals surface area contributed by atoms with Crippen molar-refractivity contribution in [2.45, 2.75) is 12.6 Å². The molecular weight excluding hydrogens is 324 g/mol. The number of aryl methyl sites for hydroxylation is 1. The average Bonchev–Trinajstić information content (AvgIpc) is 3.35. The maximum atomic E-state index is 4.42. The molecule has 0 unspecified atom stereocenters. The molecule has 0 fully saturated rings. The molecule has 4 rings (SSSR count). The van der Waals surface area contributed by atoms with Crippen molar-refractivity contribution in [1.29, 1.82) is 0 Å². The zero-order valence-corrected chi connectivity index (χ0v) is 14.5. The van der Waals surface area contributed by atoms with Crippen LogP contribution in [0.3, 0.4) is 0 Å². The fourth-order valence-electron chi connectivity index (χ4n) is 3.01. The van der Waals surface area contributed by atoms with Gasteiger partial charge < -0.3 is 4.98 Å². The molecule has 6 heteroatoms. The molecule has 0 radical (unpaired) electrons. The summed E-state index contributed by atoms with van der Waals surface area (Å²) in [4.78, 5) is 11.7. The molecule has 26 heavy (non-hydrogen) atoms. The van der Waals surface area contributed by atoms with Crippen molar-refractivity contribution in [3.63, 3.8) is 0 Å². The van der Waals surface area contributed by atoms with Crippen LogP contribution in [0.4, 0.5) is 0 Å². The molecular formula is C20H20N6. The summed E-state index contributed by atoms with van der Waals surface area (Å²) >= 11 is 0. The van der Waals surface area contributed by atoms with Crippen LogP contribution in [-0.4, -0.2) is 24.7 Å². The standard InChI is InChI=1S/C20H20N6/c1-26-14-18(13-25-26)17-4-2-3-15(11-17)12-24-19(20-22-9-10-23-20)16-5-7-21-8-6-16/h2-11,13-14,19,24H,12H2,1H3,(H,22,23)/t19-/m0/s1. The second-order valence-corrected chi connectivity index (χ2v) is 6.17. The van der Waals surface area contributed by atoms with Gasteiger partial charge in [0.05, 0.1) is 12.2 Å². The predicted molar refractivity (Wildman–Crippen MR) is 100 cm³/mol. The van der Waals surface area contributed by atoms with E-state index in [4.69, 9.17) is 0 Å².